The number of benzene rings is 2. The van der Waals surface area contributed by atoms with Gasteiger partial charge in [-0.25, -0.2) is 0 Å². The predicted molar refractivity (Wildman–Crippen MR) is 147 cm³/mol. The van der Waals surface area contributed by atoms with Gasteiger partial charge < -0.3 is 0 Å². The zero-order valence-electron chi connectivity index (χ0n) is 23.9. The molecule has 4 rings (SSSR count). The van der Waals surface area contributed by atoms with Crippen molar-refractivity contribution < 1.29 is 0 Å². The van der Waals surface area contributed by atoms with E-state index >= 15 is 0 Å². The Labute approximate surface area is 204 Å². The quantitative estimate of drug-likeness (QED) is 0.381. The Balaban J connectivity index is 0.000000218. The second kappa shape index (κ2) is 8.94. The van der Waals surface area contributed by atoms with E-state index in [1.807, 2.05) is 0 Å². The maximum absolute atomic E-state index is 2.36. The Morgan fingerprint density at radius 3 is 1.15 bits per heavy atom. The summed E-state index contributed by atoms with van der Waals surface area (Å²) in [6.45, 7) is 31.9. The van der Waals surface area contributed by atoms with Crippen molar-refractivity contribution in [1.29, 1.82) is 0 Å². The van der Waals surface area contributed by atoms with Gasteiger partial charge in [0.2, 0.25) is 0 Å². The zero-order valence-corrected chi connectivity index (χ0v) is 23.9. The van der Waals surface area contributed by atoms with E-state index < -0.39 is 0 Å². The summed E-state index contributed by atoms with van der Waals surface area (Å²) in [6.07, 6.45) is 1.24. The minimum atomic E-state index is 0.627. The van der Waals surface area contributed by atoms with Crippen LogP contribution < -0.4 is 0 Å². The SMILES string of the molecule is CC1=C(C)C2Cc3c(C)c(C)c(C)c(C)c3C2C(C)=C1C.Cc1c(C)c(C)c(C)c(C)c1C. The van der Waals surface area contributed by atoms with Crippen LogP contribution in [0.3, 0.4) is 0 Å². The van der Waals surface area contributed by atoms with E-state index in [0.29, 0.717) is 11.8 Å². The highest BCUT2D eigenvalue weighted by molar-refractivity contribution is 5.60. The average Bonchev–Trinajstić information content (AvgIpc) is 3.21. The van der Waals surface area contributed by atoms with Gasteiger partial charge in [0.1, 0.15) is 0 Å². The van der Waals surface area contributed by atoms with Crippen LogP contribution in [0.1, 0.15) is 100 Å². The molecule has 0 radical (unpaired) electrons. The fraction of sp³-hybridized carbons (Fsp3) is 0.515. The van der Waals surface area contributed by atoms with Gasteiger partial charge in [0.25, 0.3) is 0 Å². The standard InChI is InChI=1S/C21H28.C12H18/c1-10-12(3)16(7)20-18(14(10)5)9-19-15(6)11(2)13(4)17(8)21(19)20;1-7-8(2)10(4)12(6)11(5)9(7)3/h18,20H,9H2,1-8H3;1-6H3. The lowest BCUT2D eigenvalue weighted by molar-refractivity contribution is 0.555. The first-order chi connectivity index (χ1) is 15.2. The van der Waals surface area contributed by atoms with Crippen LogP contribution in [0.15, 0.2) is 22.3 Å². The highest BCUT2D eigenvalue weighted by Crippen LogP contribution is 2.53. The Bertz CT molecular complexity index is 1100. The van der Waals surface area contributed by atoms with Crippen molar-refractivity contribution >= 4 is 0 Å². The highest BCUT2D eigenvalue weighted by Gasteiger charge is 2.40. The molecular weight excluding hydrogens is 396 g/mol. The molecule has 0 nitrogen and oxygen atoms in total. The van der Waals surface area contributed by atoms with Crippen molar-refractivity contribution in [3.8, 4) is 0 Å². The highest BCUT2D eigenvalue weighted by atomic mass is 14.4. The fourth-order valence-corrected chi connectivity index (χ4v) is 6.35. The monoisotopic (exact) mass is 442 g/mol. The maximum atomic E-state index is 2.36. The summed E-state index contributed by atoms with van der Waals surface area (Å²) in [5, 5.41) is 0. The first kappa shape index (κ1) is 25.5. The van der Waals surface area contributed by atoms with Crippen molar-refractivity contribution in [2.24, 2.45) is 5.92 Å². The van der Waals surface area contributed by atoms with Crippen LogP contribution >= 0.6 is 0 Å². The Kier molecular flexibility index (Phi) is 6.92. The van der Waals surface area contributed by atoms with E-state index in [2.05, 4.69) is 96.9 Å². The molecule has 0 heteroatoms. The normalized spacial score (nSPS) is 19.5. The summed E-state index contributed by atoms with van der Waals surface area (Å²) in [7, 11) is 0. The minimum absolute atomic E-state index is 0.627. The van der Waals surface area contributed by atoms with Crippen LogP contribution in [0.5, 0.6) is 0 Å². The van der Waals surface area contributed by atoms with Crippen LogP contribution in [-0.4, -0.2) is 0 Å². The van der Waals surface area contributed by atoms with E-state index in [-0.39, 0.29) is 0 Å². The summed E-state index contributed by atoms with van der Waals surface area (Å²) in [6, 6.07) is 0. The van der Waals surface area contributed by atoms with Crippen molar-refractivity contribution in [2.45, 2.75) is 109 Å². The lowest BCUT2D eigenvalue weighted by Gasteiger charge is -2.32. The number of hydrogen-bond donors (Lipinski definition) is 0. The van der Waals surface area contributed by atoms with Gasteiger partial charge in [-0.3, -0.25) is 0 Å². The molecule has 178 valence electrons. The largest absolute Gasteiger partial charge is 0.0658 e. The summed E-state index contributed by atoms with van der Waals surface area (Å²) >= 11 is 0. The molecule has 33 heavy (non-hydrogen) atoms. The van der Waals surface area contributed by atoms with Crippen molar-refractivity contribution in [3.63, 3.8) is 0 Å². The lowest BCUT2D eigenvalue weighted by atomic mass is 9.72. The third-order valence-corrected chi connectivity index (χ3v) is 10.1. The lowest BCUT2D eigenvalue weighted by Crippen LogP contribution is -2.18. The molecule has 2 aromatic rings. The van der Waals surface area contributed by atoms with Crippen LogP contribution in [0, 0.1) is 75.2 Å². The first-order valence-corrected chi connectivity index (χ1v) is 12.7. The van der Waals surface area contributed by atoms with E-state index in [9.17, 15) is 0 Å². The van der Waals surface area contributed by atoms with Gasteiger partial charge in [-0.2, -0.15) is 0 Å². The van der Waals surface area contributed by atoms with Crippen LogP contribution in [0.25, 0.3) is 0 Å². The second-order valence-electron chi connectivity index (χ2n) is 11.0. The molecule has 0 aromatic heterocycles. The van der Waals surface area contributed by atoms with Gasteiger partial charge in [0.15, 0.2) is 0 Å². The molecule has 0 fully saturated rings. The van der Waals surface area contributed by atoms with Crippen molar-refractivity contribution in [3.05, 3.63) is 89.1 Å². The molecule has 2 atom stereocenters. The third kappa shape index (κ3) is 3.84. The fourth-order valence-electron chi connectivity index (χ4n) is 6.35. The first-order valence-electron chi connectivity index (χ1n) is 12.7. The van der Waals surface area contributed by atoms with E-state index in [1.54, 1.807) is 33.4 Å². The molecule has 2 aliphatic rings. The molecule has 0 heterocycles. The number of hydrogen-bond acceptors (Lipinski definition) is 0. The summed E-state index contributed by atoms with van der Waals surface area (Å²) < 4.78 is 0. The number of allylic oxidation sites excluding steroid dienone is 4. The smallest absolute Gasteiger partial charge is 0.0126 e. The van der Waals surface area contributed by atoms with E-state index in [0.717, 1.165) is 0 Å². The molecule has 0 saturated carbocycles. The molecule has 0 spiro atoms. The Morgan fingerprint density at radius 1 is 0.394 bits per heavy atom. The Hall–Kier alpha value is -2.08. The number of rotatable bonds is 0. The van der Waals surface area contributed by atoms with Gasteiger partial charge in [0.05, 0.1) is 0 Å². The molecule has 0 N–H and O–H groups in total. The summed E-state index contributed by atoms with van der Waals surface area (Å²) in [5.41, 5.74) is 24.4. The van der Waals surface area contributed by atoms with E-state index in [1.165, 1.54) is 62.1 Å². The summed E-state index contributed by atoms with van der Waals surface area (Å²) in [5.74, 6) is 1.32. The number of fused-ring (bicyclic) bond motifs is 3. The van der Waals surface area contributed by atoms with Gasteiger partial charge in [-0.15, -0.1) is 0 Å². The maximum Gasteiger partial charge on any atom is 0.0126 e. The second-order valence-corrected chi connectivity index (χ2v) is 11.0. The van der Waals surface area contributed by atoms with Gasteiger partial charge in [-0.05, 0) is 187 Å². The molecular formula is C33H46. The summed E-state index contributed by atoms with van der Waals surface area (Å²) in [4.78, 5) is 0. The molecule has 0 bridgehead atoms. The predicted octanol–water partition coefficient (Wildman–Crippen LogP) is 9.40. The van der Waals surface area contributed by atoms with Gasteiger partial charge in [0, 0.05) is 5.92 Å². The molecule has 2 aliphatic carbocycles. The Morgan fingerprint density at radius 2 is 0.727 bits per heavy atom. The van der Waals surface area contributed by atoms with Crippen molar-refractivity contribution in [1.82, 2.24) is 0 Å². The molecule has 2 unspecified atom stereocenters. The molecule has 0 aliphatic heterocycles. The third-order valence-electron chi connectivity index (χ3n) is 10.1. The van der Waals surface area contributed by atoms with Crippen LogP contribution in [0.4, 0.5) is 0 Å². The zero-order chi connectivity index (χ0) is 25.1. The van der Waals surface area contributed by atoms with Gasteiger partial charge >= 0.3 is 0 Å². The topological polar surface area (TPSA) is 0 Å². The molecule has 2 aromatic carbocycles. The average molecular weight is 443 g/mol. The van der Waals surface area contributed by atoms with Gasteiger partial charge in [-0.1, -0.05) is 11.1 Å². The van der Waals surface area contributed by atoms with E-state index in [4.69, 9.17) is 0 Å². The van der Waals surface area contributed by atoms with Crippen molar-refractivity contribution in [2.75, 3.05) is 0 Å². The van der Waals surface area contributed by atoms with Crippen LogP contribution in [-0.2, 0) is 6.42 Å². The van der Waals surface area contributed by atoms with Crippen LogP contribution in [0.2, 0.25) is 0 Å². The molecule has 0 saturated heterocycles. The molecule has 0 amide bonds. The minimum Gasteiger partial charge on any atom is -0.0658 e.